The van der Waals surface area contributed by atoms with Crippen LogP contribution in [0.1, 0.15) is 35.1 Å². The maximum atomic E-state index is 16.3. The van der Waals surface area contributed by atoms with Gasteiger partial charge < -0.3 is 14.0 Å². The molecule has 3 nitrogen and oxygen atoms in total. The average Bonchev–Trinajstić information content (AvgIpc) is 3.70. The first-order valence-corrected chi connectivity index (χ1v) is 26.0. The van der Waals surface area contributed by atoms with Gasteiger partial charge in [-0.25, -0.2) is 0 Å². The van der Waals surface area contributed by atoms with Crippen LogP contribution in [0.5, 0.6) is 0 Å². The predicted molar refractivity (Wildman–Crippen MR) is 278 cm³/mol. The van der Waals surface area contributed by atoms with E-state index in [1.807, 2.05) is 103 Å². The van der Waals surface area contributed by atoms with Gasteiger partial charge in [-0.1, -0.05) is 212 Å². The Morgan fingerprint density at radius 2 is 0.758 bits per heavy atom. The lowest BCUT2D eigenvalue weighted by atomic mass is 9.67. The Labute approximate surface area is 387 Å². The molecular formula is C61H47NO2P2. The Morgan fingerprint density at radius 1 is 0.364 bits per heavy atom. The largest absolute Gasteiger partial charge is 0.311 e. The van der Waals surface area contributed by atoms with Crippen molar-refractivity contribution >= 4 is 57.9 Å². The molecule has 11 rings (SSSR count). The normalized spacial score (nSPS) is 16.1. The van der Waals surface area contributed by atoms with Crippen molar-refractivity contribution in [3.05, 3.63) is 288 Å². The number of allylic oxidation sites excluding steroid dienone is 4. The number of para-hydroxylation sites is 2. The van der Waals surface area contributed by atoms with Crippen LogP contribution in [0, 0.1) is 0 Å². The summed E-state index contributed by atoms with van der Waals surface area (Å²) in [5.74, 6) is 0. The standard InChI is InChI=1S/C61H47NO2P2/c63-65(51-28-14-4-15-29-51,52-30-16-5-17-31-52)55-40-42-57-58-43-41-56(66(64,53-32-18-6-19-33-53)54-34-20-7-21-35-54)45-60(58)61(59(57)44-55,46-22-8-1-9-23-46)47-36-38-50(39-37-47)62(48-24-10-2-11-25-48)49-26-12-3-13-27-49/h1-6,8-20,22-45H,7,21H2. The third-order valence-corrected chi connectivity index (χ3v) is 19.5. The van der Waals surface area contributed by atoms with Crippen LogP contribution in [0.25, 0.3) is 11.1 Å². The van der Waals surface area contributed by atoms with Gasteiger partial charge in [0, 0.05) is 48.9 Å². The van der Waals surface area contributed by atoms with Crippen molar-refractivity contribution in [2.45, 2.75) is 18.3 Å². The van der Waals surface area contributed by atoms with Gasteiger partial charge in [0.15, 0.2) is 14.3 Å². The SMILES string of the molecule is O=P(C1=CCCC=C1)(c1ccccc1)c1ccc2c(c1)C(c1ccccc1)(c1ccc(N(c3ccccc3)c3ccccc3)cc1)c1cc(P(=O)(c3ccccc3)c3ccccc3)ccc1-2. The van der Waals surface area contributed by atoms with Crippen molar-refractivity contribution in [1.29, 1.82) is 0 Å². The van der Waals surface area contributed by atoms with Crippen LogP contribution in [-0.4, -0.2) is 0 Å². The second kappa shape index (κ2) is 17.3. The minimum atomic E-state index is -3.39. The zero-order valence-corrected chi connectivity index (χ0v) is 38.2. The lowest BCUT2D eigenvalue weighted by Crippen LogP contribution is -2.32. The molecule has 0 saturated carbocycles. The number of nitrogens with zero attached hydrogens (tertiary/aromatic N) is 1. The van der Waals surface area contributed by atoms with E-state index in [0.29, 0.717) is 0 Å². The average molecular weight is 888 g/mol. The summed E-state index contributed by atoms with van der Waals surface area (Å²) in [5.41, 5.74) is 8.53. The van der Waals surface area contributed by atoms with Crippen molar-refractivity contribution in [2.75, 3.05) is 4.90 Å². The molecule has 0 heterocycles. The minimum Gasteiger partial charge on any atom is -0.311 e. The third kappa shape index (κ3) is 6.82. The Kier molecular flexibility index (Phi) is 10.8. The van der Waals surface area contributed by atoms with Crippen molar-refractivity contribution in [3.63, 3.8) is 0 Å². The minimum absolute atomic E-state index is 0.760. The maximum Gasteiger partial charge on any atom is 0.171 e. The summed E-state index contributed by atoms with van der Waals surface area (Å²) in [6, 6.07) is 83.4. The van der Waals surface area contributed by atoms with Crippen molar-refractivity contribution < 1.29 is 9.13 Å². The number of hydrogen-bond donors (Lipinski definition) is 0. The molecule has 5 heteroatoms. The highest BCUT2D eigenvalue weighted by molar-refractivity contribution is 7.85. The van der Waals surface area contributed by atoms with Crippen LogP contribution < -0.4 is 31.4 Å². The molecular weight excluding hydrogens is 841 g/mol. The first kappa shape index (κ1) is 41.4. The Morgan fingerprint density at radius 3 is 1.21 bits per heavy atom. The molecule has 0 aromatic heterocycles. The first-order chi connectivity index (χ1) is 32.5. The fraction of sp³-hybridized carbons (Fsp3) is 0.0492. The van der Waals surface area contributed by atoms with Crippen molar-refractivity contribution in [2.24, 2.45) is 0 Å². The zero-order valence-electron chi connectivity index (χ0n) is 36.4. The molecule has 0 radical (unpaired) electrons. The summed E-state index contributed by atoms with van der Waals surface area (Å²) in [7, 11) is -6.74. The fourth-order valence-corrected chi connectivity index (χ4v) is 15.7. The van der Waals surface area contributed by atoms with Crippen LogP contribution in [0.2, 0.25) is 0 Å². The molecule has 0 aliphatic heterocycles. The van der Waals surface area contributed by atoms with Gasteiger partial charge in [-0.15, -0.1) is 0 Å². The van der Waals surface area contributed by atoms with Crippen LogP contribution >= 0.6 is 14.3 Å². The molecule has 9 aromatic rings. The van der Waals surface area contributed by atoms with Crippen LogP contribution in [0.15, 0.2) is 266 Å². The van der Waals surface area contributed by atoms with Gasteiger partial charge in [0.25, 0.3) is 0 Å². The van der Waals surface area contributed by atoms with E-state index >= 15 is 9.13 Å². The Hall–Kier alpha value is -7.28. The van der Waals surface area contributed by atoms with Crippen LogP contribution in [-0.2, 0) is 14.5 Å². The van der Waals surface area contributed by atoms with E-state index in [1.165, 1.54) is 0 Å². The summed E-state index contributed by atoms with van der Waals surface area (Å²) >= 11 is 0. The van der Waals surface area contributed by atoms with Gasteiger partial charge in [0.2, 0.25) is 0 Å². The molecule has 2 aliphatic carbocycles. The van der Waals surface area contributed by atoms with Crippen LogP contribution in [0.3, 0.4) is 0 Å². The topological polar surface area (TPSA) is 37.4 Å². The predicted octanol–water partition coefficient (Wildman–Crippen LogP) is 13.7. The van der Waals surface area contributed by atoms with E-state index in [9.17, 15) is 0 Å². The smallest absolute Gasteiger partial charge is 0.171 e. The lowest BCUT2D eigenvalue weighted by molar-refractivity contribution is 0.590. The molecule has 0 saturated heterocycles. The van der Waals surface area contributed by atoms with Gasteiger partial charge >= 0.3 is 0 Å². The first-order valence-electron chi connectivity index (χ1n) is 22.6. The quantitative estimate of drug-likeness (QED) is 0.121. The summed E-state index contributed by atoms with van der Waals surface area (Å²) < 4.78 is 32.5. The molecule has 66 heavy (non-hydrogen) atoms. The van der Waals surface area contributed by atoms with Gasteiger partial charge in [-0.05, 0) is 94.8 Å². The van der Waals surface area contributed by atoms with Crippen molar-refractivity contribution in [3.8, 4) is 11.1 Å². The molecule has 2 atom stereocenters. The zero-order chi connectivity index (χ0) is 44.6. The van der Waals surface area contributed by atoms with Gasteiger partial charge in [0.05, 0.1) is 5.41 Å². The highest BCUT2D eigenvalue weighted by Crippen LogP contribution is 2.60. The fourth-order valence-electron chi connectivity index (χ4n) is 10.3. The molecule has 2 unspecified atom stereocenters. The highest BCUT2D eigenvalue weighted by atomic mass is 31.2. The van der Waals surface area contributed by atoms with Gasteiger partial charge in [-0.3, -0.25) is 0 Å². The van der Waals surface area contributed by atoms with E-state index in [1.54, 1.807) is 0 Å². The molecule has 0 bridgehead atoms. The monoisotopic (exact) mass is 887 g/mol. The lowest BCUT2D eigenvalue weighted by Gasteiger charge is -2.35. The van der Waals surface area contributed by atoms with E-state index in [-0.39, 0.29) is 0 Å². The summed E-state index contributed by atoms with van der Waals surface area (Å²) in [6.07, 6.45) is 8.16. The van der Waals surface area contributed by atoms with E-state index < -0.39 is 19.7 Å². The summed E-state index contributed by atoms with van der Waals surface area (Å²) in [6.45, 7) is 0. The second-order valence-corrected chi connectivity index (χ2v) is 22.5. The van der Waals surface area contributed by atoms with Crippen LogP contribution in [0.4, 0.5) is 17.1 Å². The second-order valence-electron chi connectivity index (χ2n) is 17.0. The van der Waals surface area contributed by atoms with E-state index in [4.69, 9.17) is 0 Å². The molecule has 0 N–H and O–H groups in total. The van der Waals surface area contributed by atoms with E-state index in [2.05, 4.69) is 163 Å². The van der Waals surface area contributed by atoms with Crippen molar-refractivity contribution in [1.82, 2.24) is 0 Å². The number of benzene rings is 9. The maximum absolute atomic E-state index is 16.3. The number of fused-ring (bicyclic) bond motifs is 3. The molecule has 2 aliphatic rings. The highest BCUT2D eigenvalue weighted by Gasteiger charge is 2.48. The van der Waals surface area contributed by atoms with Gasteiger partial charge in [-0.2, -0.15) is 0 Å². The molecule has 0 fully saturated rings. The summed E-state index contributed by atoms with van der Waals surface area (Å²) in [5, 5.41) is 4.78. The molecule has 0 amide bonds. The third-order valence-electron chi connectivity index (χ3n) is 13.3. The Bertz CT molecular complexity index is 3250. The van der Waals surface area contributed by atoms with E-state index in [0.717, 1.165) is 95.1 Å². The number of anilines is 3. The molecule has 318 valence electrons. The number of hydrogen-bond acceptors (Lipinski definition) is 3. The number of rotatable bonds is 11. The molecule has 0 spiro atoms. The Balaban J connectivity index is 1.20. The molecule has 9 aromatic carbocycles. The van der Waals surface area contributed by atoms with Gasteiger partial charge in [0.1, 0.15) is 0 Å². The summed E-state index contributed by atoms with van der Waals surface area (Å²) in [4.78, 5) is 2.28.